The number of fused-ring (bicyclic) bond motifs is 2. The van der Waals surface area contributed by atoms with Gasteiger partial charge in [-0.1, -0.05) is 36.4 Å². The number of hydrogen-bond donors (Lipinski definition) is 3. The van der Waals surface area contributed by atoms with E-state index >= 15 is 0 Å². The smallest absolute Gasteiger partial charge is 0.419 e. The van der Waals surface area contributed by atoms with Crippen molar-refractivity contribution in [3.8, 4) is 0 Å². The van der Waals surface area contributed by atoms with Gasteiger partial charge in [0.1, 0.15) is 34.5 Å². The van der Waals surface area contributed by atoms with E-state index in [1.165, 1.54) is 30.0 Å². The van der Waals surface area contributed by atoms with Crippen LogP contribution in [0.5, 0.6) is 0 Å². The lowest BCUT2D eigenvalue weighted by Gasteiger charge is -2.36. The van der Waals surface area contributed by atoms with E-state index in [1.54, 1.807) is 117 Å². The molecular weight excluding hydrogens is 732 g/mol. The molecule has 4 amide bonds. The first-order chi connectivity index (χ1) is 26.3. The van der Waals surface area contributed by atoms with Crippen LogP contribution in [0.3, 0.4) is 0 Å². The van der Waals surface area contributed by atoms with Gasteiger partial charge in [-0.3, -0.25) is 28.4 Å². The van der Waals surface area contributed by atoms with Crippen molar-refractivity contribution in [2.45, 2.75) is 124 Å². The molecule has 15 heteroatoms. The third kappa shape index (κ3) is 11.1. The number of ether oxygens (including phenoxy) is 3. The average Bonchev–Trinajstić information content (AvgIpc) is 3.64. The molecule has 15 nitrogen and oxygen atoms in total. The zero-order valence-electron chi connectivity index (χ0n) is 34.9. The third-order valence-electron chi connectivity index (χ3n) is 8.89. The van der Waals surface area contributed by atoms with Gasteiger partial charge in [0.2, 0.25) is 18.2 Å². The van der Waals surface area contributed by atoms with Crippen molar-refractivity contribution in [3.63, 3.8) is 0 Å². The molecular formula is C42H56N6O9. The lowest BCUT2D eigenvalue weighted by Crippen LogP contribution is -2.61. The lowest BCUT2D eigenvalue weighted by molar-refractivity contribution is -0.135. The SMILES string of the molecule is CN(C(=O)OC(C)(C)C)C(C)(C)C(=O)N[C@H](Cc1cn(C(=O)OC(C)(C)C)c2ccccc12)C(=O)N[C@H](Cc1cn(C(=O)OC(C)(C)C)c2ccccc12)NC=O. The van der Waals surface area contributed by atoms with Gasteiger partial charge in [0.05, 0.1) is 11.0 Å². The van der Waals surface area contributed by atoms with Crippen LogP contribution < -0.4 is 16.0 Å². The summed E-state index contributed by atoms with van der Waals surface area (Å²) in [4.78, 5) is 81.1. The maximum Gasteiger partial charge on any atom is 0.419 e. The van der Waals surface area contributed by atoms with Crippen molar-refractivity contribution in [3.05, 3.63) is 72.1 Å². The standard InChI is InChI=1S/C42H56N6O9/c1-39(2,3)55-36(52)46(12)42(10,11)35(51)44-30(21-26-23-47(37(53)56-40(4,5)6)31-19-15-13-17-28(26)31)34(50)45-33(43-25-49)22-27-24-48(38(54)57-41(7,8)9)32-20-16-14-18-29(27)32/h13-20,23-25,30,33H,21-22H2,1-12H3,(H,43,49)(H,44,51)(H,45,50)/t30-,33-/m1/s1. The molecule has 3 N–H and O–H groups in total. The maximum absolute atomic E-state index is 14.4. The van der Waals surface area contributed by atoms with Crippen molar-refractivity contribution in [1.82, 2.24) is 30.0 Å². The van der Waals surface area contributed by atoms with Gasteiger partial charge in [-0.05, 0) is 99.4 Å². The Bertz CT molecular complexity index is 2150. The number of carbonyl (C=O) groups excluding carboxylic acids is 6. The van der Waals surface area contributed by atoms with Crippen LogP contribution in [0.25, 0.3) is 21.8 Å². The zero-order chi connectivity index (χ0) is 42.7. The Hall–Kier alpha value is -5.86. The van der Waals surface area contributed by atoms with Crippen molar-refractivity contribution < 1.29 is 43.0 Å². The van der Waals surface area contributed by atoms with Crippen molar-refractivity contribution in [2.75, 3.05) is 7.05 Å². The Morgan fingerprint density at radius 2 is 1.11 bits per heavy atom. The largest absolute Gasteiger partial charge is 0.444 e. The molecule has 0 fully saturated rings. The second-order valence-electron chi connectivity index (χ2n) is 17.4. The summed E-state index contributed by atoms with van der Waals surface area (Å²) in [6.45, 7) is 18.7. The van der Waals surface area contributed by atoms with Crippen LogP contribution >= 0.6 is 0 Å². The lowest BCUT2D eigenvalue weighted by atomic mass is 9.99. The number of hydrogen-bond acceptors (Lipinski definition) is 9. The zero-order valence-corrected chi connectivity index (χ0v) is 34.9. The summed E-state index contributed by atoms with van der Waals surface area (Å²) in [5, 5.41) is 9.65. The van der Waals surface area contributed by atoms with Crippen LogP contribution in [0.15, 0.2) is 60.9 Å². The molecule has 0 aliphatic heterocycles. The highest BCUT2D eigenvalue weighted by molar-refractivity contribution is 5.96. The van der Waals surface area contributed by atoms with Crippen LogP contribution in [-0.4, -0.2) is 92.1 Å². The fourth-order valence-electron chi connectivity index (χ4n) is 5.95. The minimum Gasteiger partial charge on any atom is -0.444 e. The number of aromatic nitrogens is 2. The summed E-state index contributed by atoms with van der Waals surface area (Å²) >= 11 is 0. The van der Waals surface area contributed by atoms with Crippen LogP contribution in [0.1, 0.15) is 87.3 Å². The topological polar surface area (TPSA) is 179 Å². The van der Waals surface area contributed by atoms with Gasteiger partial charge in [0.15, 0.2) is 0 Å². The van der Waals surface area contributed by atoms with Gasteiger partial charge < -0.3 is 30.2 Å². The Morgan fingerprint density at radius 1 is 0.667 bits per heavy atom. The second kappa shape index (κ2) is 16.7. The quantitative estimate of drug-likeness (QED) is 0.0898. The molecule has 0 spiro atoms. The summed E-state index contributed by atoms with van der Waals surface area (Å²) in [6.07, 6.45) is 0.576. The van der Waals surface area contributed by atoms with E-state index in [9.17, 15) is 28.8 Å². The highest BCUT2D eigenvalue weighted by Gasteiger charge is 2.40. The van der Waals surface area contributed by atoms with Crippen LogP contribution in [0.4, 0.5) is 14.4 Å². The van der Waals surface area contributed by atoms with Gasteiger partial charge in [-0.15, -0.1) is 0 Å². The maximum atomic E-state index is 14.4. The van der Waals surface area contributed by atoms with E-state index < -0.39 is 64.6 Å². The fourth-order valence-corrected chi connectivity index (χ4v) is 5.95. The molecule has 0 saturated heterocycles. The summed E-state index contributed by atoms with van der Waals surface area (Å²) in [5.74, 6) is -1.35. The number of amides is 4. The van der Waals surface area contributed by atoms with E-state index in [1.807, 2.05) is 6.07 Å². The monoisotopic (exact) mass is 788 g/mol. The van der Waals surface area contributed by atoms with E-state index in [-0.39, 0.29) is 12.8 Å². The Balaban J connectivity index is 1.72. The van der Waals surface area contributed by atoms with Crippen molar-refractivity contribution >= 4 is 58.3 Å². The summed E-state index contributed by atoms with van der Waals surface area (Å²) in [7, 11) is 1.43. The first-order valence-electron chi connectivity index (χ1n) is 18.7. The Kier molecular flexibility index (Phi) is 12.9. The van der Waals surface area contributed by atoms with Crippen molar-refractivity contribution in [2.24, 2.45) is 0 Å². The third-order valence-corrected chi connectivity index (χ3v) is 8.89. The van der Waals surface area contributed by atoms with E-state index in [4.69, 9.17) is 14.2 Å². The molecule has 0 radical (unpaired) electrons. The van der Waals surface area contributed by atoms with Gasteiger partial charge in [-0.2, -0.15) is 0 Å². The molecule has 2 aromatic carbocycles. The molecule has 308 valence electrons. The Morgan fingerprint density at radius 3 is 1.54 bits per heavy atom. The van der Waals surface area contributed by atoms with E-state index in [0.29, 0.717) is 39.3 Å². The first-order valence-corrected chi connectivity index (χ1v) is 18.7. The van der Waals surface area contributed by atoms with Crippen LogP contribution in [0.2, 0.25) is 0 Å². The molecule has 0 saturated carbocycles. The predicted octanol–water partition coefficient (Wildman–Crippen LogP) is 6.27. The molecule has 57 heavy (non-hydrogen) atoms. The molecule has 4 rings (SSSR count). The Labute approximate surface area is 333 Å². The van der Waals surface area contributed by atoms with Gasteiger partial charge in [0, 0.05) is 43.1 Å². The summed E-state index contributed by atoms with van der Waals surface area (Å²) in [5.41, 5.74) is -1.62. The number of nitrogens with one attached hydrogen (secondary N) is 3. The van der Waals surface area contributed by atoms with E-state index in [0.717, 1.165) is 4.90 Å². The molecule has 4 aromatic rings. The normalized spacial score (nSPS) is 13.3. The molecule has 0 aliphatic carbocycles. The highest BCUT2D eigenvalue weighted by Crippen LogP contribution is 2.27. The minimum atomic E-state index is -1.50. The highest BCUT2D eigenvalue weighted by atomic mass is 16.6. The summed E-state index contributed by atoms with van der Waals surface area (Å²) < 4.78 is 19.5. The number of nitrogens with zero attached hydrogens (tertiary/aromatic N) is 3. The van der Waals surface area contributed by atoms with Gasteiger partial charge in [0.25, 0.3) is 0 Å². The molecule has 2 heterocycles. The fraction of sp³-hybridized carbons (Fsp3) is 0.476. The average molecular weight is 789 g/mol. The van der Waals surface area contributed by atoms with Gasteiger partial charge >= 0.3 is 18.3 Å². The minimum absolute atomic E-state index is 0.0479. The number of likely N-dealkylation sites (N-methyl/N-ethyl adjacent to an activating group) is 1. The second-order valence-corrected chi connectivity index (χ2v) is 17.4. The number of para-hydroxylation sites is 2. The van der Waals surface area contributed by atoms with Crippen LogP contribution in [-0.2, 0) is 41.4 Å². The molecule has 2 atom stereocenters. The summed E-state index contributed by atoms with van der Waals surface area (Å²) in [6, 6.07) is 13.0. The number of rotatable bonds is 11. The molecule has 0 unspecified atom stereocenters. The first kappa shape index (κ1) is 43.9. The predicted molar refractivity (Wildman–Crippen MR) is 216 cm³/mol. The number of carbonyl (C=O) groups is 6. The van der Waals surface area contributed by atoms with Crippen molar-refractivity contribution in [1.29, 1.82) is 0 Å². The number of benzene rings is 2. The van der Waals surface area contributed by atoms with Gasteiger partial charge in [-0.25, -0.2) is 14.4 Å². The van der Waals surface area contributed by atoms with E-state index in [2.05, 4.69) is 16.0 Å². The molecule has 2 aromatic heterocycles. The van der Waals surface area contributed by atoms with Crippen LogP contribution in [0, 0.1) is 0 Å². The molecule has 0 bridgehead atoms. The molecule has 0 aliphatic rings.